The Balaban J connectivity index is 2.49. The number of aromatic hydroxyl groups is 1. The molecule has 0 aliphatic rings. The Bertz CT molecular complexity index is 724. The third-order valence-electron chi connectivity index (χ3n) is 3.01. The van der Waals surface area contributed by atoms with E-state index in [-0.39, 0.29) is 17.0 Å². The Morgan fingerprint density at radius 3 is 2.36 bits per heavy atom. The van der Waals surface area contributed by atoms with Gasteiger partial charge in [0.25, 0.3) is 0 Å². The highest BCUT2D eigenvalue weighted by molar-refractivity contribution is 5.96. The number of rotatable bonds is 5. The summed E-state index contributed by atoms with van der Waals surface area (Å²) >= 11 is 0. The quantitative estimate of drug-likeness (QED) is 0.829. The molecule has 0 saturated heterocycles. The van der Waals surface area contributed by atoms with Gasteiger partial charge in [0, 0.05) is 23.9 Å². The van der Waals surface area contributed by atoms with E-state index in [0.717, 1.165) is 0 Å². The number of aromatic carboxylic acids is 1. The zero-order valence-corrected chi connectivity index (χ0v) is 12.1. The van der Waals surface area contributed by atoms with E-state index in [0.29, 0.717) is 17.1 Å². The number of hydrogen-bond acceptors (Lipinski definition) is 5. The lowest BCUT2D eigenvalue weighted by atomic mass is 10.1. The highest BCUT2D eigenvalue weighted by Gasteiger charge is 2.15. The zero-order valence-electron chi connectivity index (χ0n) is 12.1. The first-order valence-electron chi connectivity index (χ1n) is 6.38. The van der Waals surface area contributed by atoms with Gasteiger partial charge < -0.3 is 19.7 Å². The zero-order chi connectivity index (χ0) is 16.1. The van der Waals surface area contributed by atoms with Crippen LogP contribution in [0.3, 0.4) is 0 Å². The fourth-order valence-corrected chi connectivity index (χ4v) is 1.88. The molecular formula is C16H15NO5. The van der Waals surface area contributed by atoms with Crippen molar-refractivity contribution < 1.29 is 24.5 Å². The van der Waals surface area contributed by atoms with Crippen LogP contribution in [-0.2, 0) is 0 Å². The summed E-state index contributed by atoms with van der Waals surface area (Å²) in [4.78, 5) is 15.5. The Hall–Kier alpha value is -3.02. The van der Waals surface area contributed by atoms with E-state index in [1.807, 2.05) is 0 Å². The number of hydrogen-bond donors (Lipinski definition) is 2. The number of methoxy groups -OCH3 is 2. The number of phenolic OH excluding ortho intramolecular Hbond substituents is 1. The maximum atomic E-state index is 11.3. The number of para-hydroxylation sites is 1. The van der Waals surface area contributed by atoms with Crippen molar-refractivity contribution in [2.24, 2.45) is 4.99 Å². The number of ether oxygens (including phenoxy) is 2. The molecule has 0 amide bonds. The summed E-state index contributed by atoms with van der Waals surface area (Å²) in [5.74, 6) is -0.396. The lowest BCUT2D eigenvalue weighted by Gasteiger charge is -2.10. The molecule has 0 bridgehead atoms. The van der Waals surface area contributed by atoms with E-state index in [9.17, 15) is 15.0 Å². The standard InChI is InChI=1S/C16H15NO5/c1-21-14-7-11(16(19)20)12(8-15(14)22-2)17-9-10-5-3-4-6-13(10)18/h3-9,18H,1-2H3,(H,19,20). The minimum atomic E-state index is -1.13. The van der Waals surface area contributed by atoms with Gasteiger partial charge in [0.2, 0.25) is 0 Å². The third kappa shape index (κ3) is 3.17. The highest BCUT2D eigenvalue weighted by Crippen LogP contribution is 2.35. The van der Waals surface area contributed by atoms with Gasteiger partial charge >= 0.3 is 5.97 Å². The Kier molecular flexibility index (Phi) is 4.63. The van der Waals surface area contributed by atoms with Crippen LogP contribution in [0.15, 0.2) is 41.4 Å². The maximum absolute atomic E-state index is 11.3. The molecule has 22 heavy (non-hydrogen) atoms. The maximum Gasteiger partial charge on any atom is 0.338 e. The van der Waals surface area contributed by atoms with Gasteiger partial charge in [0.15, 0.2) is 11.5 Å². The molecule has 2 aromatic rings. The van der Waals surface area contributed by atoms with Crippen LogP contribution in [0.2, 0.25) is 0 Å². The molecule has 2 rings (SSSR count). The molecule has 6 nitrogen and oxygen atoms in total. The molecule has 0 heterocycles. The number of carboxylic acids is 1. The average Bonchev–Trinajstić information content (AvgIpc) is 2.53. The second-order valence-electron chi connectivity index (χ2n) is 4.35. The van der Waals surface area contributed by atoms with Crippen LogP contribution in [0.1, 0.15) is 15.9 Å². The minimum Gasteiger partial charge on any atom is -0.507 e. The number of nitrogens with zero attached hydrogens (tertiary/aromatic N) is 1. The molecule has 0 aliphatic carbocycles. The van der Waals surface area contributed by atoms with E-state index in [4.69, 9.17) is 9.47 Å². The molecule has 0 spiro atoms. The number of aliphatic imine (C=N–C) groups is 1. The van der Waals surface area contributed by atoms with E-state index in [1.54, 1.807) is 18.2 Å². The van der Waals surface area contributed by atoms with E-state index in [2.05, 4.69) is 4.99 Å². The predicted octanol–water partition coefficient (Wildman–Crippen LogP) is 2.86. The lowest BCUT2D eigenvalue weighted by molar-refractivity contribution is 0.0697. The van der Waals surface area contributed by atoms with Gasteiger partial charge in [0.05, 0.1) is 25.5 Å². The topological polar surface area (TPSA) is 88.4 Å². The fraction of sp³-hybridized carbons (Fsp3) is 0.125. The van der Waals surface area contributed by atoms with Crippen LogP contribution in [0.5, 0.6) is 17.2 Å². The van der Waals surface area contributed by atoms with Gasteiger partial charge in [-0.1, -0.05) is 12.1 Å². The second kappa shape index (κ2) is 6.62. The molecular weight excluding hydrogens is 286 g/mol. The van der Waals surface area contributed by atoms with Crippen LogP contribution >= 0.6 is 0 Å². The number of phenols is 1. The van der Waals surface area contributed by atoms with Crippen LogP contribution in [0.4, 0.5) is 5.69 Å². The van der Waals surface area contributed by atoms with Crippen molar-refractivity contribution in [1.82, 2.24) is 0 Å². The van der Waals surface area contributed by atoms with Gasteiger partial charge in [-0.3, -0.25) is 4.99 Å². The smallest absolute Gasteiger partial charge is 0.338 e. The molecule has 6 heteroatoms. The van der Waals surface area contributed by atoms with Gasteiger partial charge in [-0.2, -0.15) is 0 Å². The third-order valence-corrected chi connectivity index (χ3v) is 3.01. The van der Waals surface area contributed by atoms with Crippen molar-refractivity contribution in [1.29, 1.82) is 0 Å². The SMILES string of the molecule is COc1cc(N=Cc2ccccc2O)c(C(=O)O)cc1OC. The van der Waals surface area contributed by atoms with Gasteiger partial charge in [0.1, 0.15) is 5.75 Å². The number of carbonyl (C=O) groups is 1. The fourth-order valence-electron chi connectivity index (χ4n) is 1.88. The van der Waals surface area contributed by atoms with Crippen molar-refractivity contribution in [3.63, 3.8) is 0 Å². The summed E-state index contributed by atoms with van der Waals surface area (Å²) in [6.45, 7) is 0. The summed E-state index contributed by atoms with van der Waals surface area (Å²) < 4.78 is 10.2. The molecule has 0 aromatic heterocycles. The monoisotopic (exact) mass is 301 g/mol. The first-order valence-corrected chi connectivity index (χ1v) is 6.38. The average molecular weight is 301 g/mol. The molecule has 0 unspecified atom stereocenters. The van der Waals surface area contributed by atoms with Gasteiger partial charge in [-0.25, -0.2) is 4.79 Å². The number of benzene rings is 2. The first kappa shape index (κ1) is 15.4. The molecule has 2 aromatic carbocycles. The van der Waals surface area contributed by atoms with Crippen molar-refractivity contribution >= 4 is 17.9 Å². The molecule has 114 valence electrons. The highest BCUT2D eigenvalue weighted by atomic mass is 16.5. The Morgan fingerprint density at radius 1 is 1.14 bits per heavy atom. The normalized spacial score (nSPS) is 10.6. The lowest BCUT2D eigenvalue weighted by Crippen LogP contribution is -2.00. The molecule has 0 radical (unpaired) electrons. The van der Waals surface area contributed by atoms with Crippen LogP contribution < -0.4 is 9.47 Å². The van der Waals surface area contributed by atoms with Crippen molar-refractivity contribution in [2.45, 2.75) is 0 Å². The Labute approximate surface area is 127 Å². The first-order chi connectivity index (χ1) is 10.6. The van der Waals surface area contributed by atoms with Crippen LogP contribution in [0.25, 0.3) is 0 Å². The van der Waals surface area contributed by atoms with Crippen molar-refractivity contribution in [3.8, 4) is 17.2 Å². The molecule has 0 saturated carbocycles. The molecule has 0 fully saturated rings. The second-order valence-corrected chi connectivity index (χ2v) is 4.35. The van der Waals surface area contributed by atoms with E-state index >= 15 is 0 Å². The molecule has 2 N–H and O–H groups in total. The summed E-state index contributed by atoms with van der Waals surface area (Å²) in [5.41, 5.74) is 0.659. The van der Waals surface area contributed by atoms with Gasteiger partial charge in [-0.15, -0.1) is 0 Å². The van der Waals surface area contributed by atoms with Crippen LogP contribution in [-0.4, -0.2) is 36.6 Å². The number of carboxylic acid groups (broad SMARTS) is 1. The predicted molar refractivity (Wildman–Crippen MR) is 81.9 cm³/mol. The van der Waals surface area contributed by atoms with Crippen molar-refractivity contribution in [2.75, 3.05) is 14.2 Å². The Morgan fingerprint density at radius 2 is 1.77 bits per heavy atom. The minimum absolute atomic E-state index is 0.0238. The molecule has 0 aliphatic heterocycles. The van der Waals surface area contributed by atoms with E-state index in [1.165, 1.54) is 38.6 Å². The van der Waals surface area contributed by atoms with Crippen LogP contribution in [0, 0.1) is 0 Å². The van der Waals surface area contributed by atoms with E-state index < -0.39 is 5.97 Å². The summed E-state index contributed by atoms with van der Waals surface area (Å²) in [5, 5.41) is 19.0. The molecule has 0 atom stereocenters. The van der Waals surface area contributed by atoms with Crippen molar-refractivity contribution in [3.05, 3.63) is 47.5 Å². The summed E-state index contributed by atoms with van der Waals surface area (Å²) in [6, 6.07) is 9.44. The van der Waals surface area contributed by atoms with Gasteiger partial charge in [-0.05, 0) is 12.1 Å². The summed E-state index contributed by atoms with van der Waals surface area (Å²) in [7, 11) is 2.88. The largest absolute Gasteiger partial charge is 0.507 e. The summed E-state index contributed by atoms with van der Waals surface area (Å²) in [6.07, 6.45) is 1.39.